The van der Waals surface area contributed by atoms with Crippen LogP contribution in [0.1, 0.15) is 18.5 Å². The van der Waals surface area contributed by atoms with Gasteiger partial charge in [0.25, 0.3) is 0 Å². The lowest BCUT2D eigenvalue weighted by Crippen LogP contribution is -2.32. The number of para-hydroxylation sites is 2. The maximum atomic E-state index is 12.9. The van der Waals surface area contributed by atoms with Crippen molar-refractivity contribution < 1.29 is 27.1 Å². The summed E-state index contributed by atoms with van der Waals surface area (Å²) in [5.74, 6) is -1.24. The van der Waals surface area contributed by atoms with Gasteiger partial charge in [-0.1, -0.05) is 24.3 Å². The second-order valence-electron chi connectivity index (χ2n) is 5.24. The van der Waals surface area contributed by atoms with E-state index in [1.54, 1.807) is 19.1 Å². The first kappa shape index (κ1) is 18.6. The quantitative estimate of drug-likeness (QED) is 0.769. The Bertz CT molecular complexity index is 717. The van der Waals surface area contributed by atoms with E-state index in [1.165, 1.54) is 30.3 Å². The number of amides is 1. The summed E-state index contributed by atoms with van der Waals surface area (Å²) in [6.07, 6.45) is -4.82. The SMILES string of the molecule is CC(NC(=O)CNc1ccccc1OC(F)(F)F)c1ccc(F)cc1. The van der Waals surface area contributed by atoms with E-state index in [9.17, 15) is 22.4 Å². The lowest BCUT2D eigenvalue weighted by Gasteiger charge is -2.16. The first-order valence-corrected chi connectivity index (χ1v) is 7.38. The van der Waals surface area contributed by atoms with Crippen molar-refractivity contribution in [3.63, 3.8) is 0 Å². The van der Waals surface area contributed by atoms with Crippen molar-refractivity contribution in [1.82, 2.24) is 5.32 Å². The largest absolute Gasteiger partial charge is 0.573 e. The Morgan fingerprint density at radius 3 is 2.40 bits per heavy atom. The minimum absolute atomic E-state index is 0.0458. The summed E-state index contributed by atoms with van der Waals surface area (Å²) < 4.78 is 53.8. The zero-order chi connectivity index (χ0) is 18.4. The molecule has 2 aromatic carbocycles. The number of benzene rings is 2. The molecule has 2 rings (SSSR count). The lowest BCUT2D eigenvalue weighted by molar-refractivity contribution is -0.274. The molecule has 134 valence electrons. The van der Waals surface area contributed by atoms with Crippen LogP contribution in [-0.2, 0) is 4.79 Å². The highest BCUT2D eigenvalue weighted by molar-refractivity contribution is 5.81. The standard InChI is InChI=1S/C17H16F4N2O2/c1-11(12-6-8-13(18)9-7-12)23-16(24)10-22-14-4-2-3-5-15(14)25-17(19,20)21/h2-9,11,22H,10H2,1H3,(H,23,24). The highest BCUT2D eigenvalue weighted by atomic mass is 19.4. The number of hydrogen-bond acceptors (Lipinski definition) is 3. The van der Waals surface area contributed by atoms with E-state index in [4.69, 9.17) is 0 Å². The van der Waals surface area contributed by atoms with Crippen molar-refractivity contribution in [2.45, 2.75) is 19.3 Å². The zero-order valence-corrected chi connectivity index (χ0v) is 13.2. The third-order valence-corrected chi connectivity index (χ3v) is 3.30. The van der Waals surface area contributed by atoms with Gasteiger partial charge in [0.1, 0.15) is 5.82 Å². The van der Waals surface area contributed by atoms with E-state index in [0.29, 0.717) is 5.56 Å². The summed E-state index contributed by atoms with van der Waals surface area (Å²) in [5.41, 5.74) is 0.750. The molecule has 0 radical (unpaired) electrons. The molecule has 2 N–H and O–H groups in total. The van der Waals surface area contributed by atoms with Crippen LogP contribution in [0.5, 0.6) is 5.75 Å². The molecule has 0 heterocycles. The Hall–Kier alpha value is -2.77. The van der Waals surface area contributed by atoms with Gasteiger partial charge in [0.2, 0.25) is 5.91 Å². The summed E-state index contributed by atoms with van der Waals surface area (Å²) in [4.78, 5) is 12.0. The van der Waals surface area contributed by atoms with Crippen LogP contribution in [-0.4, -0.2) is 18.8 Å². The number of nitrogens with one attached hydrogen (secondary N) is 2. The van der Waals surface area contributed by atoms with Crippen LogP contribution < -0.4 is 15.4 Å². The Morgan fingerprint density at radius 1 is 1.12 bits per heavy atom. The van der Waals surface area contributed by atoms with Gasteiger partial charge in [-0.15, -0.1) is 13.2 Å². The molecule has 0 spiro atoms. The fourth-order valence-electron chi connectivity index (χ4n) is 2.13. The summed E-state index contributed by atoms with van der Waals surface area (Å²) in [6.45, 7) is 1.47. The Kier molecular flexibility index (Phi) is 5.84. The van der Waals surface area contributed by atoms with Gasteiger partial charge in [-0.25, -0.2) is 4.39 Å². The molecule has 0 aliphatic rings. The minimum Gasteiger partial charge on any atom is -0.404 e. The van der Waals surface area contributed by atoms with Crippen LogP contribution in [0, 0.1) is 5.82 Å². The predicted octanol–water partition coefficient (Wildman–Crippen LogP) is 4.01. The molecule has 0 bridgehead atoms. The third-order valence-electron chi connectivity index (χ3n) is 3.30. The molecule has 0 aliphatic heterocycles. The van der Waals surface area contributed by atoms with Gasteiger partial charge in [0.15, 0.2) is 5.75 Å². The molecular formula is C17H16F4N2O2. The highest BCUT2D eigenvalue weighted by Crippen LogP contribution is 2.29. The van der Waals surface area contributed by atoms with Crippen LogP contribution in [0.4, 0.5) is 23.2 Å². The first-order valence-electron chi connectivity index (χ1n) is 7.38. The van der Waals surface area contributed by atoms with E-state index in [-0.39, 0.29) is 24.1 Å². The van der Waals surface area contributed by atoms with Gasteiger partial charge >= 0.3 is 6.36 Å². The summed E-state index contributed by atoms with van der Waals surface area (Å²) in [5, 5.41) is 5.27. The lowest BCUT2D eigenvalue weighted by atomic mass is 10.1. The van der Waals surface area contributed by atoms with Gasteiger partial charge in [-0.2, -0.15) is 0 Å². The fourth-order valence-corrected chi connectivity index (χ4v) is 2.13. The van der Waals surface area contributed by atoms with Crippen LogP contribution in [0.25, 0.3) is 0 Å². The molecule has 1 atom stereocenters. The number of ether oxygens (including phenoxy) is 1. The average Bonchev–Trinajstić information content (AvgIpc) is 2.53. The van der Waals surface area contributed by atoms with Crippen LogP contribution in [0.15, 0.2) is 48.5 Å². The average molecular weight is 356 g/mol. The summed E-state index contributed by atoms with van der Waals surface area (Å²) in [7, 11) is 0. The molecule has 1 unspecified atom stereocenters. The Morgan fingerprint density at radius 2 is 1.76 bits per heavy atom. The second kappa shape index (κ2) is 7.87. The topological polar surface area (TPSA) is 50.4 Å². The highest BCUT2D eigenvalue weighted by Gasteiger charge is 2.32. The molecule has 0 saturated heterocycles. The van der Waals surface area contributed by atoms with Crippen molar-refractivity contribution in [1.29, 1.82) is 0 Å². The molecule has 0 aromatic heterocycles. The number of hydrogen-bond donors (Lipinski definition) is 2. The monoisotopic (exact) mass is 356 g/mol. The maximum Gasteiger partial charge on any atom is 0.573 e. The van der Waals surface area contributed by atoms with Gasteiger partial charge in [-0.3, -0.25) is 4.79 Å². The van der Waals surface area contributed by atoms with Crippen molar-refractivity contribution >= 4 is 11.6 Å². The molecule has 8 heteroatoms. The normalized spacial score (nSPS) is 12.4. The van der Waals surface area contributed by atoms with Crippen molar-refractivity contribution in [2.24, 2.45) is 0 Å². The van der Waals surface area contributed by atoms with E-state index >= 15 is 0 Å². The van der Waals surface area contributed by atoms with Gasteiger partial charge in [0.05, 0.1) is 18.3 Å². The molecule has 4 nitrogen and oxygen atoms in total. The second-order valence-corrected chi connectivity index (χ2v) is 5.24. The van der Waals surface area contributed by atoms with Crippen molar-refractivity contribution in [3.8, 4) is 5.75 Å². The molecule has 2 aromatic rings. The van der Waals surface area contributed by atoms with Crippen molar-refractivity contribution in [3.05, 3.63) is 59.9 Å². The first-order chi connectivity index (χ1) is 11.7. The van der Waals surface area contributed by atoms with Crippen LogP contribution in [0.3, 0.4) is 0 Å². The zero-order valence-electron chi connectivity index (χ0n) is 13.2. The molecule has 0 fully saturated rings. The smallest absolute Gasteiger partial charge is 0.404 e. The van der Waals surface area contributed by atoms with Crippen LogP contribution >= 0.6 is 0 Å². The van der Waals surface area contributed by atoms with Gasteiger partial charge < -0.3 is 15.4 Å². The predicted molar refractivity (Wildman–Crippen MR) is 84.6 cm³/mol. The number of carbonyl (C=O) groups excluding carboxylic acids is 1. The molecule has 1 amide bonds. The van der Waals surface area contributed by atoms with E-state index in [1.807, 2.05) is 0 Å². The number of halogens is 4. The van der Waals surface area contributed by atoms with Gasteiger partial charge in [0, 0.05) is 0 Å². The van der Waals surface area contributed by atoms with E-state index in [2.05, 4.69) is 15.4 Å². The Labute approximate surface area is 141 Å². The molecule has 0 saturated carbocycles. The number of alkyl halides is 3. The summed E-state index contributed by atoms with van der Waals surface area (Å²) in [6, 6.07) is 10.7. The molecule has 25 heavy (non-hydrogen) atoms. The van der Waals surface area contributed by atoms with Crippen molar-refractivity contribution in [2.75, 3.05) is 11.9 Å². The van der Waals surface area contributed by atoms with E-state index in [0.717, 1.165) is 6.07 Å². The molecular weight excluding hydrogens is 340 g/mol. The maximum absolute atomic E-state index is 12.9. The van der Waals surface area contributed by atoms with E-state index < -0.39 is 18.0 Å². The number of anilines is 1. The van der Waals surface area contributed by atoms with Gasteiger partial charge in [-0.05, 0) is 36.8 Å². The third kappa shape index (κ3) is 5.98. The number of rotatable bonds is 6. The molecule has 0 aliphatic carbocycles. The Balaban J connectivity index is 1.93. The number of carbonyl (C=O) groups is 1. The fraction of sp³-hybridized carbons (Fsp3) is 0.235. The minimum atomic E-state index is -4.82. The summed E-state index contributed by atoms with van der Waals surface area (Å²) >= 11 is 0. The van der Waals surface area contributed by atoms with Crippen LogP contribution in [0.2, 0.25) is 0 Å².